The average Bonchev–Trinajstić information content (AvgIpc) is 2.30. The third-order valence-electron chi connectivity index (χ3n) is 3.02. The van der Waals surface area contributed by atoms with Crippen LogP contribution >= 0.6 is 15.9 Å². The number of nitrogens with two attached hydrogens (primary N) is 1. The number of hydrogen-bond acceptors (Lipinski definition) is 5. The van der Waals surface area contributed by atoms with Crippen LogP contribution in [0.15, 0.2) is 16.6 Å². The van der Waals surface area contributed by atoms with Crippen molar-refractivity contribution >= 4 is 21.6 Å². The SMILES string of the molecule is COC1C(N)CC1Oc1c(Br)cc(F)cc1[N+](=O)[O-]. The molecule has 0 spiro atoms. The predicted molar refractivity (Wildman–Crippen MR) is 68.6 cm³/mol. The maximum Gasteiger partial charge on any atom is 0.315 e. The first-order valence-corrected chi connectivity index (χ1v) is 6.31. The number of rotatable bonds is 4. The second-order valence-electron chi connectivity index (χ2n) is 4.25. The van der Waals surface area contributed by atoms with Gasteiger partial charge in [0.2, 0.25) is 5.75 Å². The van der Waals surface area contributed by atoms with Crippen LogP contribution in [0.2, 0.25) is 0 Å². The molecule has 1 saturated carbocycles. The van der Waals surface area contributed by atoms with Crippen LogP contribution in [0.1, 0.15) is 6.42 Å². The summed E-state index contributed by atoms with van der Waals surface area (Å²) in [6.45, 7) is 0. The number of nitro benzene ring substituents is 1. The minimum absolute atomic E-state index is 0.00894. The number of methoxy groups -OCH3 is 1. The third kappa shape index (κ3) is 2.70. The molecule has 3 atom stereocenters. The first kappa shape index (κ1) is 14.2. The molecule has 8 heteroatoms. The Morgan fingerprint density at radius 3 is 2.79 bits per heavy atom. The summed E-state index contributed by atoms with van der Waals surface area (Å²) < 4.78 is 24.0. The molecule has 19 heavy (non-hydrogen) atoms. The molecule has 0 amide bonds. The zero-order chi connectivity index (χ0) is 14.2. The largest absolute Gasteiger partial charge is 0.480 e. The third-order valence-corrected chi connectivity index (χ3v) is 3.61. The maximum atomic E-state index is 13.2. The Bertz CT molecular complexity index is 514. The summed E-state index contributed by atoms with van der Waals surface area (Å²) in [6, 6.07) is 1.77. The molecule has 1 aromatic carbocycles. The standard InChI is InChI=1S/C11H12BrFN2O4/c1-18-11-7(14)4-9(11)19-10-6(12)2-5(13)3-8(10)15(16)17/h2-3,7,9,11H,4,14H2,1H3. The van der Waals surface area contributed by atoms with Gasteiger partial charge in [-0.05, 0) is 22.0 Å². The van der Waals surface area contributed by atoms with E-state index in [1.165, 1.54) is 7.11 Å². The van der Waals surface area contributed by atoms with Gasteiger partial charge in [-0.3, -0.25) is 10.1 Å². The summed E-state index contributed by atoms with van der Waals surface area (Å²) in [7, 11) is 1.49. The summed E-state index contributed by atoms with van der Waals surface area (Å²) in [5.74, 6) is -0.718. The minimum atomic E-state index is -0.709. The van der Waals surface area contributed by atoms with Crippen molar-refractivity contribution in [3.05, 3.63) is 32.5 Å². The van der Waals surface area contributed by atoms with Crippen molar-refractivity contribution in [3.63, 3.8) is 0 Å². The molecule has 2 rings (SSSR count). The Balaban J connectivity index is 2.27. The lowest BCUT2D eigenvalue weighted by Gasteiger charge is -2.40. The zero-order valence-electron chi connectivity index (χ0n) is 10.0. The smallest absolute Gasteiger partial charge is 0.315 e. The van der Waals surface area contributed by atoms with Crippen molar-refractivity contribution in [3.8, 4) is 5.75 Å². The van der Waals surface area contributed by atoms with Crippen molar-refractivity contribution < 1.29 is 18.8 Å². The van der Waals surface area contributed by atoms with Crippen LogP contribution in [0.5, 0.6) is 5.75 Å². The molecule has 6 nitrogen and oxygen atoms in total. The molecular weight excluding hydrogens is 323 g/mol. The topological polar surface area (TPSA) is 87.6 Å². The highest BCUT2D eigenvalue weighted by Gasteiger charge is 2.42. The number of nitrogens with zero attached hydrogens (tertiary/aromatic N) is 1. The quantitative estimate of drug-likeness (QED) is 0.672. The lowest BCUT2D eigenvalue weighted by atomic mass is 9.86. The Kier molecular flexibility index (Phi) is 4.02. The average molecular weight is 335 g/mol. The van der Waals surface area contributed by atoms with Crippen molar-refractivity contribution in [2.45, 2.75) is 24.7 Å². The van der Waals surface area contributed by atoms with E-state index in [1.54, 1.807) is 0 Å². The molecule has 1 aliphatic carbocycles. The normalized spacial score (nSPS) is 25.8. The Morgan fingerprint density at radius 1 is 1.58 bits per heavy atom. The highest BCUT2D eigenvalue weighted by molar-refractivity contribution is 9.10. The second kappa shape index (κ2) is 5.40. The Labute approximate surface area is 117 Å². The van der Waals surface area contributed by atoms with E-state index in [9.17, 15) is 14.5 Å². The van der Waals surface area contributed by atoms with Gasteiger partial charge in [0.25, 0.3) is 0 Å². The number of nitro groups is 1. The summed E-state index contributed by atoms with van der Waals surface area (Å²) >= 11 is 3.06. The number of benzene rings is 1. The van der Waals surface area contributed by atoms with Gasteiger partial charge in [-0.25, -0.2) is 4.39 Å². The number of halogens is 2. The minimum Gasteiger partial charge on any atom is -0.480 e. The van der Waals surface area contributed by atoms with Crippen LogP contribution in [-0.4, -0.2) is 30.3 Å². The molecule has 0 radical (unpaired) electrons. The van der Waals surface area contributed by atoms with Gasteiger partial charge in [-0.15, -0.1) is 0 Å². The van der Waals surface area contributed by atoms with Crippen molar-refractivity contribution in [2.75, 3.05) is 7.11 Å². The van der Waals surface area contributed by atoms with Gasteiger partial charge in [-0.2, -0.15) is 0 Å². The molecule has 0 heterocycles. The van der Waals surface area contributed by atoms with E-state index >= 15 is 0 Å². The Morgan fingerprint density at radius 2 is 2.26 bits per heavy atom. The van der Waals surface area contributed by atoms with E-state index in [-0.39, 0.29) is 28.5 Å². The molecule has 0 aromatic heterocycles. The molecule has 0 bridgehead atoms. The van der Waals surface area contributed by atoms with Crippen LogP contribution in [0.25, 0.3) is 0 Å². The highest BCUT2D eigenvalue weighted by atomic mass is 79.9. The van der Waals surface area contributed by atoms with E-state index < -0.39 is 16.4 Å². The van der Waals surface area contributed by atoms with E-state index in [0.29, 0.717) is 6.42 Å². The molecule has 1 fully saturated rings. The summed E-state index contributed by atoms with van der Waals surface area (Å²) in [5.41, 5.74) is 5.30. The first-order chi connectivity index (χ1) is 8.93. The fourth-order valence-corrected chi connectivity index (χ4v) is 2.52. The summed E-state index contributed by atoms with van der Waals surface area (Å²) in [5, 5.41) is 10.9. The van der Waals surface area contributed by atoms with E-state index in [4.69, 9.17) is 15.2 Å². The predicted octanol–water partition coefficient (Wildman–Crippen LogP) is 1.99. The summed E-state index contributed by atoms with van der Waals surface area (Å²) in [6.07, 6.45) is -0.170. The highest BCUT2D eigenvalue weighted by Crippen LogP contribution is 2.39. The molecule has 0 saturated heterocycles. The van der Waals surface area contributed by atoms with Crippen molar-refractivity contribution in [2.24, 2.45) is 5.73 Å². The van der Waals surface area contributed by atoms with Crippen LogP contribution in [-0.2, 0) is 4.74 Å². The van der Waals surface area contributed by atoms with Crippen molar-refractivity contribution in [1.82, 2.24) is 0 Å². The fraction of sp³-hybridized carbons (Fsp3) is 0.455. The van der Waals surface area contributed by atoms with Gasteiger partial charge >= 0.3 is 5.69 Å². The van der Waals surface area contributed by atoms with Gasteiger partial charge in [0.15, 0.2) is 0 Å². The van der Waals surface area contributed by atoms with Crippen molar-refractivity contribution in [1.29, 1.82) is 0 Å². The lowest BCUT2D eigenvalue weighted by molar-refractivity contribution is -0.386. The number of hydrogen-bond donors (Lipinski definition) is 1. The van der Waals surface area contributed by atoms with E-state index in [1.807, 2.05) is 0 Å². The maximum absolute atomic E-state index is 13.2. The van der Waals surface area contributed by atoms with Crippen LogP contribution in [0.4, 0.5) is 10.1 Å². The monoisotopic (exact) mass is 334 g/mol. The molecule has 2 N–H and O–H groups in total. The van der Waals surface area contributed by atoms with E-state index in [2.05, 4.69) is 15.9 Å². The number of ether oxygens (including phenoxy) is 2. The molecule has 1 aromatic rings. The summed E-state index contributed by atoms with van der Waals surface area (Å²) in [4.78, 5) is 10.2. The molecule has 0 aliphatic heterocycles. The molecule has 3 unspecified atom stereocenters. The molecule has 1 aliphatic rings. The Hall–Kier alpha value is -1.25. The molecule has 104 valence electrons. The van der Waals surface area contributed by atoms with Gasteiger partial charge in [-0.1, -0.05) is 0 Å². The van der Waals surface area contributed by atoms with Crippen LogP contribution in [0, 0.1) is 15.9 Å². The van der Waals surface area contributed by atoms with Crippen LogP contribution < -0.4 is 10.5 Å². The van der Waals surface area contributed by atoms with Gasteiger partial charge < -0.3 is 15.2 Å². The zero-order valence-corrected chi connectivity index (χ0v) is 11.6. The second-order valence-corrected chi connectivity index (χ2v) is 5.10. The van der Waals surface area contributed by atoms with E-state index in [0.717, 1.165) is 12.1 Å². The lowest BCUT2D eigenvalue weighted by Crippen LogP contribution is -2.59. The van der Waals surface area contributed by atoms with Gasteiger partial charge in [0, 0.05) is 19.6 Å². The van der Waals surface area contributed by atoms with Gasteiger partial charge in [0.1, 0.15) is 18.0 Å². The molecular formula is C11H12BrFN2O4. The van der Waals surface area contributed by atoms with Gasteiger partial charge in [0.05, 0.1) is 15.5 Å². The first-order valence-electron chi connectivity index (χ1n) is 5.52. The fourth-order valence-electron chi connectivity index (χ4n) is 2.01. The van der Waals surface area contributed by atoms with Crippen LogP contribution in [0.3, 0.4) is 0 Å².